The van der Waals surface area contributed by atoms with Gasteiger partial charge in [0.05, 0.1) is 12.6 Å². The molecular weight excluding hydrogens is 330 g/mol. The third kappa shape index (κ3) is 4.50. The van der Waals surface area contributed by atoms with Crippen LogP contribution in [0, 0.1) is 5.41 Å². The first kappa shape index (κ1) is 19.7. The van der Waals surface area contributed by atoms with Gasteiger partial charge in [0, 0.05) is 11.6 Å². The lowest BCUT2D eigenvalue weighted by atomic mass is 10.0. The van der Waals surface area contributed by atoms with Crippen LogP contribution >= 0.6 is 0 Å². The number of hydrogen-bond acceptors (Lipinski definition) is 5. The van der Waals surface area contributed by atoms with Gasteiger partial charge in [-0.25, -0.2) is 0 Å². The Bertz CT molecular complexity index is 802. The molecule has 2 rings (SSSR count). The third-order valence-corrected chi connectivity index (χ3v) is 4.27. The number of methoxy groups -OCH3 is 1. The number of nitrogens with zero attached hydrogens (tertiary/aromatic N) is 1. The summed E-state index contributed by atoms with van der Waals surface area (Å²) >= 11 is 0. The minimum Gasteiger partial charge on any atom is -0.483 e. The fourth-order valence-electron chi connectivity index (χ4n) is 2.61. The summed E-state index contributed by atoms with van der Waals surface area (Å²) in [4.78, 5) is 17.0. The van der Waals surface area contributed by atoms with Crippen molar-refractivity contribution >= 4 is 22.7 Å². The number of carbonyl (C=O) groups is 1. The fourth-order valence-corrected chi connectivity index (χ4v) is 2.61. The first-order valence-corrected chi connectivity index (χ1v) is 8.81. The molecule has 0 saturated heterocycles. The summed E-state index contributed by atoms with van der Waals surface area (Å²) in [6.07, 6.45) is 2.64. The maximum absolute atomic E-state index is 12.6. The zero-order valence-corrected chi connectivity index (χ0v) is 16.1. The summed E-state index contributed by atoms with van der Waals surface area (Å²) in [5.41, 5.74) is 1.15. The number of nitrogens with one attached hydrogen (secondary N) is 2. The maximum atomic E-state index is 12.6. The van der Waals surface area contributed by atoms with Crippen molar-refractivity contribution in [1.29, 1.82) is 5.41 Å². The van der Waals surface area contributed by atoms with Crippen LogP contribution in [0.4, 0.5) is 0 Å². The highest BCUT2D eigenvalue weighted by Gasteiger charge is 2.30. The van der Waals surface area contributed by atoms with Gasteiger partial charge in [0.25, 0.3) is 5.91 Å². The first-order valence-electron chi connectivity index (χ1n) is 8.81. The molecule has 0 aliphatic carbocycles. The zero-order chi connectivity index (χ0) is 19.3. The molecule has 1 aromatic heterocycles. The summed E-state index contributed by atoms with van der Waals surface area (Å²) in [7, 11) is 1.41. The minimum atomic E-state index is -0.897. The van der Waals surface area contributed by atoms with Crippen LogP contribution in [-0.4, -0.2) is 35.5 Å². The Balaban J connectivity index is 2.17. The summed E-state index contributed by atoms with van der Waals surface area (Å²) in [6, 6.07) is 7.69. The topological polar surface area (TPSA) is 84.3 Å². The second kappa shape index (κ2) is 8.17. The first-order chi connectivity index (χ1) is 12.3. The van der Waals surface area contributed by atoms with E-state index in [9.17, 15) is 4.79 Å². The molecule has 0 aliphatic heterocycles. The molecule has 1 atom stereocenters. The summed E-state index contributed by atoms with van der Waals surface area (Å²) in [6.45, 7) is 7.41. The molecule has 2 N–H and O–H groups in total. The smallest absolute Gasteiger partial charge is 0.261 e. The second-order valence-electron chi connectivity index (χ2n) is 6.71. The van der Waals surface area contributed by atoms with Gasteiger partial charge in [-0.1, -0.05) is 13.8 Å². The van der Waals surface area contributed by atoms with Crippen LogP contribution in [-0.2, 0) is 16.0 Å². The van der Waals surface area contributed by atoms with Gasteiger partial charge in [0.15, 0.2) is 6.10 Å². The highest BCUT2D eigenvalue weighted by Crippen LogP contribution is 2.22. The number of rotatable bonds is 7. The number of amides is 1. The number of fused-ring (bicyclic) bond motifs is 1. The Morgan fingerprint density at radius 2 is 2.04 bits per heavy atom. The monoisotopic (exact) mass is 357 g/mol. The molecule has 6 nitrogen and oxygen atoms in total. The Kier molecular flexibility index (Phi) is 6.18. The normalized spacial score (nSPS) is 12.5. The average molecular weight is 357 g/mol. The van der Waals surface area contributed by atoms with Crippen molar-refractivity contribution in [3.63, 3.8) is 0 Å². The maximum Gasteiger partial charge on any atom is 0.261 e. The Labute approximate surface area is 154 Å². The highest BCUT2D eigenvalue weighted by molar-refractivity contribution is 5.90. The molecule has 0 radical (unpaired) electrons. The van der Waals surface area contributed by atoms with Crippen molar-refractivity contribution in [1.82, 2.24) is 10.3 Å². The van der Waals surface area contributed by atoms with E-state index >= 15 is 0 Å². The molecule has 2 aromatic rings. The number of aromatic nitrogens is 1. The van der Waals surface area contributed by atoms with Gasteiger partial charge in [-0.15, -0.1) is 0 Å². The van der Waals surface area contributed by atoms with Gasteiger partial charge in [-0.2, -0.15) is 0 Å². The number of hydrogen-bond donors (Lipinski definition) is 2. The Morgan fingerprint density at radius 3 is 2.65 bits per heavy atom. The van der Waals surface area contributed by atoms with Crippen LogP contribution in [0.15, 0.2) is 30.5 Å². The number of ether oxygens (including phenoxy) is 2. The molecule has 140 valence electrons. The van der Waals surface area contributed by atoms with Crippen LogP contribution < -0.4 is 10.1 Å². The van der Waals surface area contributed by atoms with Crippen molar-refractivity contribution in [3.8, 4) is 5.75 Å². The third-order valence-electron chi connectivity index (χ3n) is 4.27. The largest absolute Gasteiger partial charge is 0.483 e. The highest BCUT2D eigenvalue weighted by atomic mass is 16.5. The van der Waals surface area contributed by atoms with Gasteiger partial charge in [0.2, 0.25) is 5.90 Å². The Morgan fingerprint density at radius 1 is 1.31 bits per heavy atom. The lowest BCUT2D eigenvalue weighted by molar-refractivity contribution is -0.129. The number of aryl methyl sites for hydroxylation is 1. The van der Waals surface area contributed by atoms with Gasteiger partial charge in [-0.3, -0.25) is 15.2 Å². The molecule has 0 aliphatic rings. The van der Waals surface area contributed by atoms with Crippen molar-refractivity contribution in [2.45, 2.75) is 52.2 Å². The minimum absolute atomic E-state index is 0.00965. The van der Waals surface area contributed by atoms with E-state index in [1.54, 1.807) is 13.8 Å². The molecule has 0 spiro atoms. The van der Waals surface area contributed by atoms with Crippen LogP contribution in [0.25, 0.3) is 10.9 Å². The predicted octanol–water partition coefficient (Wildman–Crippen LogP) is 3.47. The molecule has 1 aromatic carbocycles. The molecular formula is C20H27N3O3. The molecule has 26 heavy (non-hydrogen) atoms. The van der Waals surface area contributed by atoms with Crippen LogP contribution in [0.3, 0.4) is 0 Å². The van der Waals surface area contributed by atoms with E-state index in [0.29, 0.717) is 12.2 Å². The van der Waals surface area contributed by atoms with Gasteiger partial charge < -0.3 is 14.8 Å². The fraction of sp³-hybridized carbons (Fsp3) is 0.450. The van der Waals surface area contributed by atoms with Gasteiger partial charge in [-0.05, 0) is 56.5 Å². The van der Waals surface area contributed by atoms with Crippen LogP contribution in [0.2, 0.25) is 0 Å². The van der Waals surface area contributed by atoms with E-state index in [2.05, 4.69) is 23.3 Å². The number of carbonyl (C=O) groups excluding carboxylic acids is 1. The van der Waals surface area contributed by atoms with E-state index in [4.69, 9.17) is 14.9 Å². The summed E-state index contributed by atoms with van der Waals surface area (Å²) in [5.74, 6) is 0.332. The van der Waals surface area contributed by atoms with E-state index in [0.717, 1.165) is 22.9 Å². The molecule has 1 heterocycles. The van der Waals surface area contributed by atoms with Crippen molar-refractivity contribution < 1.29 is 14.3 Å². The lowest BCUT2D eigenvalue weighted by Gasteiger charge is -2.28. The summed E-state index contributed by atoms with van der Waals surface area (Å²) < 4.78 is 10.9. The summed E-state index contributed by atoms with van der Waals surface area (Å²) in [5, 5.41) is 11.6. The standard InChI is InChI=1S/C20H27N3O3/c1-6-13-10-14-11-15(8-9-16(14)22-12-13)26-17(7-2)18(24)23-20(3,4)19(21)25-5/h8-12,17,21H,6-7H2,1-5H3,(H,23,24). The van der Waals surface area contributed by atoms with Crippen molar-refractivity contribution in [2.75, 3.05) is 7.11 Å². The van der Waals surface area contributed by atoms with Gasteiger partial charge in [0.1, 0.15) is 11.3 Å². The van der Waals surface area contributed by atoms with E-state index in [1.807, 2.05) is 31.3 Å². The predicted molar refractivity (Wildman–Crippen MR) is 103 cm³/mol. The van der Waals surface area contributed by atoms with E-state index in [1.165, 1.54) is 7.11 Å². The lowest BCUT2D eigenvalue weighted by Crippen LogP contribution is -2.54. The number of pyridine rings is 1. The molecule has 0 saturated carbocycles. The van der Waals surface area contributed by atoms with E-state index < -0.39 is 11.6 Å². The number of benzene rings is 1. The van der Waals surface area contributed by atoms with Crippen molar-refractivity contribution in [2.24, 2.45) is 0 Å². The molecule has 0 bridgehead atoms. The SMILES string of the molecule is CCc1cnc2ccc(OC(CC)C(=O)NC(C)(C)C(=N)OC)cc2c1. The van der Waals surface area contributed by atoms with Crippen molar-refractivity contribution in [3.05, 3.63) is 36.0 Å². The average Bonchev–Trinajstić information content (AvgIpc) is 2.64. The van der Waals surface area contributed by atoms with Crippen LogP contribution in [0.1, 0.15) is 39.7 Å². The van der Waals surface area contributed by atoms with Crippen LogP contribution in [0.5, 0.6) is 5.75 Å². The Hall–Kier alpha value is -2.63. The zero-order valence-electron chi connectivity index (χ0n) is 16.1. The second-order valence-corrected chi connectivity index (χ2v) is 6.71. The molecule has 6 heteroatoms. The molecule has 1 amide bonds. The molecule has 0 fully saturated rings. The molecule has 1 unspecified atom stereocenters. The van der Waals surface area contributed by atoms with Gasteiger partial charge >= 0.3 is 0 Å². The quantitative estimate of drug-likeness (QED) is 0.587. The van der Waals surface area contributed by atoms with E-state index in [-0.39, 0.29) is 11.8 Å².